The Morgan fingerprint density at radius 2 is 2.22 bits per heavy atom. The average Bonchev–Trinajstić information content (AvgIpc) is 2.55. The Labute approximate surface area is 103 Å². The number of amides is 1. The van der Waals surface area contributed by atoms with Crippen molar-refractivity contribution < 1.29 is 9.53 Å². The first-order chi connectivity index (χ1) is 8.33. The topological polar surface area (TPSA) is 88.5 Å². The van der Waals surface area contributed by atoms with E-state index in [4.69, 9.17) is 4.74 Å². The van der Waals surface area contributed by atoms with Crippen LogP contribution in [0.2, 0.25) is 0 Å². The summed E-state index contributed by atoms with van der Waals surface area (Å²) in [5.41, 5.74) is -0.301. The van der Waals surface area contributed by atoms with Gasteiger partial charge in [-0.2, -0.15) is 4.98 Å². The molecule has 0 aliphatic carbocycles. The van der Waals surface area contributed by atoms with Gasteiger partial charge in [0.2, 0.25) is 5.95 Å². The smallest absolute Gasteiger partial charge is 0.414 e. The maximum atomic E-state index is 11.5. The van der Waals surface area contributed by atoms with E-state index in [1.807, 2.05) is 0 Å². The van der Waals surface area contributed by atoms with Crippen LogP contribution >= 0.6 is 0 Å². The second kappa shape index (κ2) is 4.17. The van der Waals surface area contributed by atoms with Crippen molar-refractivity contribution in [1.29, 1.82) is 0 Å². The Bertz CT molecular complexity index is 636. The number of hydrogen-bond acceptors (Lipinski definition) is 4. The van der Waals surface area contributed by atoms with Gasteiger partial charge in [-0.05, 0) is 20.8 Å². The summed E-state index contributed by atoms with van der Waals surface area (Å²) < 4.78 is 6.60. The summed E-state index contributed by atoms with van der Waals surface area (Å²) in [6.45, 7) is 5.30. The van der Waals surface area contributed by atoms with Crippen LogP contribution in [0.15, 0.2) is 23.1 Å². The first-order valence-electron chi connectivity index (χ1n) is 5.42. The Morgan fingerprint density at radius 3 is 2.89 bits per heavy atom. The molecule has 0 atom stereocenters. The number of nitrogens with zero attached hydrogens (tertiary/aromatic N) is 2. The molecule has 0 spiro atoms. The maximum Gasteiger partial charge on any atom is 0.414 e. The fraction of sp³-hybridized carbons (Fsp3) is 0.364. The van der Waals surface area contributed by atoms with Crippen LogP contribution in [0.4, 0.5) is 10.7 Å². The summed E-state index contributed by atoms with van der Waals surface area (Å²) in [5.74, 6) is 0.217. The summed E-state index contributed by atoms with van der Waals surface area (Å²) in [7, 11) is 0. The van der Waals surface area contributed by atoms with Crippen molar-refractivity contribution in [1.82, 2.24) is 14.6 Å². The van der Waals surface area contributed by atoms with E-state index in [0.717, 1.165) is 0 Å². The van der Waals surface area contributed by atoms with Crippen molar-refractivity contribution in [2.45, 2.75) is 26.4 Å². The van der Waals surface area contributed by atoms with Crippen LogP contribution in [0.25, 0.3) is 5.65 Å². The number of hydrogen-bond donors (Lipinski definition) is 2. The highest BCUT2D eigenvalue weighted by Gasteiger charge is 2.17. The molecule has 7 heteroatoms. The average molecular weight is 250 g/mol. The number of H-pyrrole nitrogens is 1. The Morgan fingerprint density at radius 1 is 1.50 bits per heavy atom. The SMILES string of the molecule is CC(C)(C)OC(=O)Nc1nc2cc(=O)ccn2[nH]1. The van der Waals surface area contributed by atoms with E-state index in [0.29, 0.717) is 5.65 Å². The van der Waals surface area contributed by atoms with Gasteiger partial charge < -0.3 is 4.74 Å². The number of anilines is 1. The molecule has 2 aromatic rings. The maximum absolute atomic E-state index is 11.5. The van der Waals surface area contributed by atoms with Gasteiger partial charge in [0.1, 0.15) is 5.60 Å². The Kier molecular flexibility index (Phi) is 2.82. The van der Waals surface area contributed by atoms with E-state index < -0.39 is 11.7 Å². The van der Waals surface area contributed by atoms with Crippen LogP contribution in [-0.2, 0) is 4.74 Å². The van der Waals surface area contributed by atoms with Crippen LogP contribution in [0.5, 0.6) is 0 Å². The molecule has 0 saturated carbocycles. The summed E-state index contributed by atoms with van der Waals surface area (Å²) in [5, 5.41) is 5.25. The predicted molar refractivity (Wildman–Crippen MR) is 65.7 cm³/mol. The molecule has 2 heterocycles. The molecule has 2 aromatic heterocycles. The van der Waals surface area contributed by atoms with Gasteiger partial charge in [-0.3, -0.25) is 15.2 Å². The van der Waals surface area contributed by atoms with Gasteiger partial charge in [0.15, 0.2) is 11.1 Å². The number of aromatic nitrogens is 3. The molecular weight excluding hydrogens is 236 g/mol. The van der Waals surface area contributed by atoms with Crippen molar-refractivity contribution in [2.75, 3.05) is 5.32 Å². The number of carbonyl (C=O) groups excluding carboxylic acids is 1. The minimum atomic E-state index is -0.607. The van der Waals surface area contributed by atoms with Gasteiger partial charge in [-0.1, -0.05) is 0 Å². The summed E-state index contributed by atoms with van der Waals surface area (Å²) in [4.78, 5) is 26.7. The molecule has 0 aromatic carbocycles. The molecule has 2 N–H and O–H groups in total. The number of rotatable bonds is 1. The molecule has 0 fully saturated rings. The molecule has 7 nitrogen and oxygen atoms in total. The number of fused-ring (bicyclic) bond motifs is 1. The van der Waals surface area contributed by atoms with Crippen molar-refractivity contribution in [3.63, 3.8) is 0 Å². The van der Waals surface area contributed by atoms with E-state index >= 15 is 0 Å². The van der Waals surface area contributed by atoms with Gasteiger partial charge in [0, 0.05) is 18.3 Å². The van der Waals surface area contributed by atoms with Crippen molar-refractivity contribution in [3.8, 4) is 0 Å². The molecule has 0 bridgehead atoms. The molecule has 96 valence electrons. The summed E-state index contributed by atoms with van der Waals surface area (Å²) in [6, 6.07) is 2.75. The molecule has 0 aliphatic heterocycles. The highest BCUT2D eigenvalue weighted by atomic mass is 16.6. The quantitative estimate of drug-likeness (QED) is 0.800. The normalized spacial score (nSPS) is 11.5. The fourth-order valence-electron chi connectivity index (χ4n) is 1.36. The van der Waals surface area contributed by atoms with Crippen LogP contribution in [0.1, 0.15) is 20.8 Å². The number of carbonyl (C=O) groups is 1. The van der Waals surface area contributed by atoms with E-state index in [-0.39, 0.29) is 11.4 Å². The van der Waals surface area contributed by atoms with E-state index in [1.165, 1.54) is 22.8 Å². The predicted octanol–water partition coefficient (Wildman–Crippen LogP) is 1.37. The van der Waals surface area contributed by atoms with Gasteiger partial charge >= 0.3 is 6.09 Å². The number of nitrogens with one attached hydrogen (secondary N) is 2. The van der Waals surface area contributed by atoms with Crippen LogP contribution in [0.3, 0.4) is 0 Å². The number of pyridine rings is 1. The molecule has 0 aliphatic rings. The van der Waals surface area contributed by atoms with Gasteiger partial charge in [0.25, 0.3) is 0 Å². The standard InChI is InChI=1S/C11H14N4O3/c1-11(2,3)18-10(17)13-9-12-8-6-7(16)4-5-15(8)14-9/h4-6H,1-3H3,(H2,12,13,14,17). The zero-order valence-electron chi connectivity index (χ0n) is 10.4. The fourth-order valence-corrected chi connectivity index (χ4v) is 1.36. The zero-order valence-corrected chi connectivity index (χ0v) is 10.4. The minimum absolute atomic E-state index is 0.148. The lowest BCUT2D eigenvalue weighted by Gasteiger charge is -2.18. The molecule has 0 radical (unpaired) electrons. The minimum Gasteiger partial charge on any atom is -0.444 e. The third-order valence-electron chi connectivity index (χ3n) is 1.98. The van der Waals surface area contributed by atoms with Crippen molar-refractivity contribution in [2.24, 2.45) is 0 Å². The first kappa shape index (κ1) is 12.2. The molecule has 2 rings (SSSR count). The van der Waals surface area contributed by atoms with Crippen molar-refractivity contribution in [3.05, 3.63) is 28.6 Å². The first-order valence-corrected chi connectivity index (χ1v) is 5.42. The van der Waals surface area contributed by atoms with Crippen LogP contribution < -0.4 is 10.7 Å². The van der Waals surface area contributed by atoms with E-state index in [2.05, 4.69) is 15.4 Å². The molecule has 1 amide bonds. The summed E-state index contributed by atoms with van der Waals surface area (Å²) >= 11 is 0. The van der Waals surface area contributed by atoms with Gasteiger partial charge in [-0.15, -0.1) is 0 Å². The highest BCUT2D eigenvalue weighted by Crippen LogP contribution is 2.09. The molecule has 0 unspecified atom stereocenters. The second-order valence-corrected chi connectivity index (χ2v) is 4.79. The zero-order chi connectivity index (χ0) is 13.3. The lowest BCUT2D eigenvalue weighted by Crippen LogP contribution is -2.27. The van der Waals surface area contributed by atoms with E-state index in [1.54, 1.807) is 20.8 Å². The molecule has 18 heavy (non-hydrogen) atoms. The lowest BCUT2D eigenvalue weighted by atomic mass is 10.2. The van der Waals surface area contributed by atoms with Gasteiger partial charge in [0.05, 0.1) is 0 Å². The van der Waals surface area contributed by atoms with Crippen LogP contribution in [0, 0.1) is 0 Å². The molecule has 0 saturated heterocycles. The number of ether oxygens (including phenoxy) is 1. The number of aromatic amines is 1. The second-order valence-electron chi connectivity index (χ2n) is 4.79. The largest absolute Gasteiger partial charge is 0.444 e. The lowest BCUT2D eigenvalue weighted by molar-refractivity contribution is 0.0634. The van der Waals surface area contributed by atoms with Gasteiger partial charge in [-0.25, -0.2) is 9.31 Å². The van der Waals surface area contributed by atoms with E-state index in [9.17, 15) is 9.59 Å². The Balaban J connectivity index is 2.17. The highest BCUT2D eigenvalue weighted by molar-refractivity contribution is 5.82. The third kappa shape index (κ3) is 2.88. The Hall–Kier alpha value is -2.31. The monoisotopic (exact) mass is 250 g/mol. The molecular formula is C11H14N4O3. The van der Waals surface area contributed by atoms with Crippen molar-refractivity contribution >= 4 is 17.7 Å². The third-order valence-corrected chi connectivity index (χ3v) is 1.98. The van der Waals surface area contributed by atoms with Crippen LogP contribution in [-0.4, -0.2) is 26.3 Å². The summed E-state index contributed by atoms with van der Waals surface area (Å²) in [6.07, 6.45) is 0.926.